The fourth-order valence-electron chi connectivity index (χ4n) is 4.23. The first kappa shape index (κ1) is 20.7. The van der Waals surface area contributed by atoms with E-state index in [-0.39, 0.29) is 17.8 Å². The number of amides is 1. The van der Waals surface area contributed by atoms with Crippen LogP contribution >= 0.6 is 22.9 Å². The first-order valence-corrected chi connectivity index (χ1v) is 11.3. The number of carboxylic acid groups (broad SMARTS) is 1. The topological polar surface area (TPSA) is 99.8 Å². The molecule has 1 aliphatic heterocycles. The maximum absolute atomic E-state index is 12.7. The van der Waals surface area contributed by atoms with Gasteiger partial charge in [-0.2, -0.15) is 4.98 Å². The Bertz CT molecular complexity index is 1410. The molecule has 1 N–H and O–H groups in total. The number of rotatable bonds is 2. The number of halogens is 1. The maximum Gasteiger partial charge on any atom is 0.407 e. The number of para-hydroxylation sites is 1. The first-order chi connectivity index (χ1) is 15.3. The molecule has 0 radical (unpaired) electrons. The molecule has 2 unspecified atom stereocenters. The molecular weight excluding hydrogens is 452 g/mol. The van der Waals surface area contributed by atoms with E-state index < -0.39 is 11.7 Å². The van der Waals surface area contributed by atoms with Gasteiger partial charge in [-0.1, -0.05) is 17.7 Å². The van der Waals surface area contributed by atoms with E-state index >= 15 is 0 Å². The molecule has 4 heterocycles. The summed E-state index contributed by atoms with van der Waals surface area (Å²) in [7, 11) is 0. The molecule has 0 aliphatic carbocycles. The molecule has 0 bridgehead atoms. The van der Waals surface area contributed by atoms with Crippen molar-refractivity contribution >= 4 is 56.2 Å². The fraction of sp³-hybridized carbons (Fsp3) is 0.273. The highest BCUT2D eigenvalue weighted by molar-refractivity contribution is 7.21. The Labute approximate surface area is 191 Å². The molecule has 1 aliphatic rings. The van der Waals surface area contributed by atoms with Crippen LogP contribution in [0, 0.1) is 0 Å². The van der Waals surface area contributed by atoms with Gasteiger partial charge in [0.1, 0.15) is 16.3 Å². The zero-order chi connectivity index (χ0) is 22.6. The Balaban J connectivity index is 1.50. The van der Waals surface area contributed by atoms with Crippen LogP contribution in [0.5, 0.6) is 0 Å². The molecule has 2 atom stereocenters. The molecule has 3 aromatic heterocycles. The van der Waals surface area contributed by atoms with E-state index in [4.69, 9.17) is 16.0 Å². The average Bonchev–Trinajstić information content (AvgIpc) is 3.17. The van der Waals surface area contributed by atoms with Crippen LogP contribution in [0.25, 0.3) is 31.9 Å². The van der Waals surface area contributed by atoms with E-state index in [1.807, 2.05) is 43.0 Å². The maximum atomic E-state index is 12.7. The van der Waals surface area contributed by atoms with E-state index in [1.165, 1.54) is 16.2 Å². The van der Waals surface area contributed by atoms with E-state index in [0.29, 0.717) is 45.4 Å². The van der Waals surface area contributed by atoms with Crippen molar-refractivity contribution in [3.63, 3.8) is 0 Å². The smallest absolute Gasteiger partial charge is 0.407 e. The molecule has 1 aromatic carbocycles. The minimum absolute atomic E-state index is 0.186. The quantitative estimate of drug-likeness (QED) is 0.453. The summed E-state index contributed by atoms with van der Waals surface area (Å²) in [5.74, 6) is 0.643. The van der Waals surface area contributed by atoms with Crippen molar-refractivity contribution in [1.82, 2.24) is 14.9 Å². The molecule has 1 amide bonds. The van der Waals surface area contributed by atoms with Gasteiger partial charge in [-0.25, -0.2) is 14.6 Å². The Hall–Kier alpha value is -3.17. The Morgan fingerprint density at radius 2 is 1.94 bits per heavy atom. The lowest BCUT2D eigenvalue weighted by Gasteiger charge is -2.43. The summed E-state index contributed by atoms with van der Waals surface area (Å²) in [6.07, 6.45) is -0.925. The summed E-state index contributed by atoms with van der Waals surface area (Å²) in [4.78, 5) is 36.8. The lowest BCUT2D eigenvalue weighted by Crippen LogP contribution is -2.58. The van der Waals surface area contributed by atoms with E-state index in [1.54, 1.807) is 12.1 Å². The standard InChI is InChI=1S/C22H19ClN4O4S/c1-11-9-26(10-12(2)27(11)22(29)30)17-7-6-13-8-14(21(28)31-19(13)24-17)20-25-18-15(23)4-3-5-16(18)32-20/h3-8,11-12H,9-10H2,1-2H3,(H,29,30). The largest absolute Gasteiger partial charge is 0.465 e. The molecule has 10 heteroatoms. The number of thiazole rings is 1. The van der Waals surface area contributed by atoms with Crippen molar-refractivity contribution in [2.75, 3.05) is 18.0 Å². The predicted molar refractivity (Wildman–Crippen MR) is 125 cm³/mol. The average molecular weight is 471 g/mol. The van der Waals surface area contributed by atoms with Crippen LogP contribution in [0.15, 0.2) is 45.6 Å². The molecule has 8 nitrogen and oxygen atoms in total. The van der Waals surface area contributed by atoms with Crippen molar-refractivity contribution in [3.8, 4) is 10.6 Å². The van der Waals surface area contributed by atoms with Crippen molar-refractivity contribution in [2.45, 2.75) is 25.9 Å². The van der Waals surface area contributed by atoms with Crippen LogP contribution in [0.2, 0.25) is 5.02 Å². The molecule has 164 valence electrons. The third kappa shape index (κ3) is 3.47. The van der Waals surface area contributed by atoms with Gasteiger partial charge in [-0.3, -0.25) is 4.90 Å². The van der Waals surface area contributed by atoms with Gasteiger partial charge < -0.3 is 14.4 Å². The molecule has 4 aromatic rings. The zero-order valence-electron chi connectivity index (χ0n) is 17.3. The van der Waals surface area contributed by atoms with Crippen molar-refractivity contribution in [2.24, 2.45) is 0 Å². The molecule has 1 fully saturated rings. The highest BCUT2D eigenvalue weighted by Gasteiger charge is 2.33. The second kappa shape index (κ2) is 7.75. The Kier molecular flexibility index (Phi) is 5.02. The van der Waals surface area contributed by atoms with Crippen LogP contribution in [0.3, 0.4) is 0 Å². The minimum Gasteiger partial charge on any atom is -0.465 e. The van der Waals surface area contributed by atoms with Gasteiger partial charge in [0.2, 0.25) is 5.71 Å². The van der Waals surface area contributed by atoms with Gasteiger partial charge in [0.05, 0.1) is 27.4 Å². The van der Waals surface area contributed by atoms with E-state index in [2.05, 4.69) is 9.97 Å². The molecular formula is C22H19ClN4O4S. The van der Waals surface area contributed by atoms with Crippen LogP contribution in [0.4, 0.5) is 10.6 Å². The van der Waals surface area contributed by atoms with Crippen molar-refractivity contribution < 1.29 is 14.3 Å². The number of anilines is 1. The number of hydrogen-bond donors (Lipinski definition) is 1. The van der Waals surface area contributed by atoms with Gasteiger partial charge in [-0.05, 0) is 44.2 Å². The predicted octanol–water partition coefficient (Wildman–Crippen LogP) is 4.70. The molecule has 5 rings (SSSR count). The SMILES string of the molecule is CC1CN(c2ccc3cc(-c4nc5c(Cl)cccc5s4)c(=O)oc3n2)CC(C)N1C(=O)O. The summed E-state index contributed by atoms with van der Waals surface area (Å²) in [5.41, 5.74) is 0.735. The van der Waals surface area contributed by atoms with Crippen molar-refractivity contribution in [3.05, 3.63) is 51.8 Å². The van der Waals surface area contributed by atoms with E-state index in [9.17, 15) is 14.7 Å². The lowest BCUT2D eigenvalue weighted by molar-refractivity contribution is 0.0981. The minimum atomic E-state index is -0.925. The second-order valence-electron chi connectivity index (χ2n) is 7.91. The Morgan fingerprint density at radius 3 is 2.62 bits per heavy atom. The van der Waals surface area contributed by atoms with Gasteiger partial charge in [0.25, 0.3) is 0 Å². The van der Waals surface area contributed by atoms with Crippen LogP contribution in [-0.2, 0) is 0 Å². The number of hydrogen-bond acceptors (Lipinski definition) is 7. The normalized spacial score (nSPS) is 19.1. The van der Waals surface area contributed by atoms with Crippen LogP contribution < -0.4 is 10.5 Å². The summed E-state index contributed by atoms with van der Waals surface area (Å²) in [6, 6.07) is 10.6. The Morgan fingerprint density at radius 1 is 1.19 bits per heavy atom. The summed E-state index contributed by atoms with van der Waals surface area (Å²) >= 11 is 7.60. The van der Waals surface area contributed by atoms with Crippen LogP contribution in [-0.4, -0.2) is 51.2 Å². The van der Waals surface area contributed by atoms with Gasteiger partial charge >= 0.3 is 11.7 Å². The molecule has 0 saturated carbocycles. The highest BCUT2D eigenvalue weighted by atomic mass is 35.5. The fourth-order valence-corrected chi connectivity index (χ4v) is 5.50. The third-order valence-corrected chi connectivity index (χ3v) is 7.01. The molecule has 32 heavy (non-hydrogen) atoms. The van der Waals surface area contributed by atoms with E-state index in [0.717, 1.165) is 4.70 Å². The lowest BCUT2D eigenvalue weighted by atomic mass is 10.1. The molecule has 0 spiro atoms. The number of piperazine rings is 1. The third-order valence-electron chi connectivity index (χ3n) is 5.65. The monoisotopic (exact) mass is 470 g/mol. The van der Waals surface area contributed by atoms with Gasteiger partial charge in [0.15, 0.2) is 0 Å². The molecule has 1 saturated heterocycles. The number of benzene rings is 1. The number of pyridine rings is 1. The number of fused-ring (bicyclic) bond motifs is 2. The van der Waals surface area contributed by atoms with Gasteiger partial charge in [0, 0.05) is 18.5 Å². The number of nitrogens with zero attached hydrogens (tertiary/aromatic N) is 4. The summed E-state index contributed by atoms with van der Waals surface area (Å²) in [6.45, 7) is 4.75. The highest BCUT2D eigenvalue weighted by Crippen LogP contribution is 2.33. The summed E-state index contributed by atoms with van der Waals surface area (Å²) in [5, 5.41) is 11.2. The van der Waals surface area contributed by atoms with Crippen LogP contribution in [0.1, 0.15) is 13.8 Å². The number of aromatic nitrogens is 2. The number of carbonyl (C=O) groups is 1. The second-order valence-corrected chi connectivity index (χ2v) is 9.35. The van der Waals surface area contributed by atoms with Crippen molar-refractivity contribution in [1.29, 1.82) is 0 Å². The summed E-state index contributed by atoms with van der Waals surface area (Å²) < 4.78 is 6.45. The first-order valence-electron chi connectivity index (χ1n) is 10.1. The van der Waals surface area contributed by atoms with Gasteiger partial charge in [-0.15, -0.1) is 11.3 Å². The zero-order valence-corrected chi connectivity index (χ0v) is 18.9.